The lowest BCUT2D eigenvalue weighted by Gasteiger charge is -2.53. The quantitative estimate of drug-likeness (QED) is 0.747. The van der Waals surface area contributed by atoms with Gasteiger partial charge in [-0.15, -0.1) is 0 Å². The highest BCUT2D eigenvalue weighted by molar-refractivity contribution is 6.31. The minimum Gasteiger partial charge on any atom is -0.478 e. The maximum absolute atomic E-state index is 13.4. The third-order valence-electron chi connectivity index (χ3n) is 5.60. The summed E-state index contributed by atoms with van der Waals surface area (Å²) in [5, 5.41) is 9.79. The highest BCUT2D eigenvalue weighted by Crippen LogP contribution is 2.58. The molecule has 1 atom stereocenters. The molecule has 1 unspecified atom stereocenters. The van der Waals surface area contributed by atoms with E-state index in [4.69, 9.17) is 26.1 Å². The smallest absolute Gasteiger partial charge is 0.335 e. The molecule has 150 valence electrons. The maximum Gasteiger partial charge on any atom is 0.335 e. The number of rotatable bonds is 6. The van der Waals surface area contributed by atoms with Crippen LogP contribution < -0.4 is 0 Å². The van der Waals surface area contributed by atoms with Crippen LogP contribution in [0, 0.1) is 0 Å². The van der Waals surface area contributed by atoms with Gasteiger partial charge in [0.1, 0.15) is 0 Å². The molecule has 0 amide bonds. The number of hydrogen-bond donors (Lipinski definition) is 1. The van der Waals surface area contributed by atoms with Crippen LogP contribution in [-0.2, 0) is 25.5 Å². The van der Waals surface area contributed by atoms with E-state index < -0.39 is 17.2 Å². The lowest BCUT2D eigenvalue weighted by molar-refractivity contribution is -0.422. The predicted octanol–water partition coefficient (Wildman–Crippen LogP) is 4.61. The van der Waals surface area contributed by atoms with Crippen molar-refractivity contribution in [2.45, 2.75) is 37.9 Å². The molecule has 2 aromatic rings. The van der Waals surface area contributed by atoms with Crippen LogP contribution in [0.2, 0.25) is 5.02 Å². The molecule has 0 aliphatic carbocycles. The van der Waals surface area contributed by atoms with E-state index in [0.717, 1.165) is 6.42 Å². The van der Waals surface area contributed by atoms with E-state index >= 15 is 0 Å². The zero-order valence-corrected chi connectivity index (χ0v) is 16.8. The van der Waals surface area contributed by atoms with Crippen molar-refractivity contribution >= 4 is 34.8 Å². The largest absolute Gasteiger partial charge is 0.478 e. The Kier molecular flexibility index (Phi) is 4.81. The van der Waals surface area contributed by atoms with Crippen molar-refractivity contribution < 1.29 is 24.2 Å². The van der Waals surface area contributed by atoms with Crippen molar-refractivity contribution in [1.29, 1.82) is 0 Å². The van der Waals surface area contributed by atoms with E-state index in [2.05, 4.69) is 0 Å². The Balaban J connectivity index is 2.04. The molecule has 2 aromatic carbocycles. The average Bonchev–Trinajstić information content (AvgIpc) is 2.97. The van der Waals surface area contributed by atoms with Crippen molar-refractivity contribution in [3.05, 3.63) is 64.2 Å². The normalized spacial score (nSPS) is 21.8. The number of ketones is 1. The molecule has 1 fully saturated rings. The molecule has 0 aromatic heterocycles. The first-order valence-electron chi connectivity index (χ1n) is 9.38. The molecular formula is C22H20ClNO5. The minimum atomic E-state index is -1.46. The van der Waals surface area contributed by atoms with Crippen LogP contribution in [0.1, 0.15) is 48.2 Å². The number of carbonyl (C=O) groups is 2. The number of aliphatic imine (C=N–C) groups is 1. The van der Waals surface area contributed by atoms with Crippen LogP contribution in [0.3, 0.4) is 0 Å². The summed E-state index contributed by atoms with van der Waals surface area (Å²) in [5.41, 5.74) is 0.891. The number of Topliss-reactive ketones (excluding diaryl/α,β-unsaturated/α-hetero) is 1. The summed E-state index contributed by atoms with van der Waals surface area (Å²) in [6.45, 7) is 3.49. The third kappa shape index (κ3) is 2.60. The second-order valence-electron chi connectivity index (χ2n) is 7.15. The fourth-order valence-electron chi connectivity index (χ4n) is 4.41. The average molecular weight is 414 g/mol. The standard InChI is InChI=1S/C22H20ClNO5/c1-3-6-19-21(13(2)25,16-10-9-14(20(26)27)11-18(16)24-19)22(28-12-29-22)15-7-4-5-8-17(15)23/h4-5,7-11H,3,6,12H2,1-2H3,(H,26,27). The minimum absolute atomic E-state index is 0.0161. The maximum atomic E-state index is 13.4. The highest BCUT2D eigenvalue weighted by Gasteiger charge is 2.68. The van der Waals surface area contributed by atoms with E-state index in [0.29, 0.717) is 34.0 Å². The molecule has 1 saturated heterocycles. The molecule has 1 N–H and O–H groups in total. The highest BCUT2D eigenvalue weighted by atomic mass is 35.5. The molecule has 0 radical (unpaired) electrons. The van der Waals surface area contributed by atoms with Crippen LogP contribution in [-0.4, -0.2) is 29.4 Å². The van der Waals surface area contributed by atoms with Crippen LogP contribution >= 0.6 is 11.6 Å². The number of carboxylic acids is 1. The van der Waals surface area contributed by atoms with Crippen molar-refractivity contribution in [2.75, 3.05) is 6.79 Å². The fourth-order valence-corrected chi connectivity index (χ4v) is 4.67. The Morgan fingerprint density at radius 1 is 1.17 bits per heavy atom. The van der Waals surface area contributed by atoms with E-state index in [1.165, 1.54) is 19.1 Å². The topological polar surface area (TPSA) is 85.2 Å². The molecular weight excluding hydrogens is 394 g/mol. The molecule has 4 rings (SSSR count). The SMILES string of the molecule is CCCC1=Nc2cc(C(=O)O)ccc2C1(C(C)=O)C1(c2ccccc2Cl)OCO1. The molecule has 0 spiro atoms. The summed E-state index contributed by atoms with van der Waals surface area (Å²) in [5.74, 6) is -2.72. The van der Waals surface area contributed by atoms with Crippen LogP contribution in [0.25, 0.3) is 0 Å². The number of hydrogen-bond acceptors (Lipinski definition) is 5. The Morgan fingerprint density at radius 2 is 1.90 bits per heavy atom. The third-order valence-corrected chi connectivity index (χ3v) is 5.93. The molecule has 2 aliphatic rings. The van der Waals surface area contributed by atoms with Crippen molar-refractivity contribution in [1.82, 2.24) is 0 Å². The molecule has 0 bridgehead atoms. The van der Waals surface area contributed by atoms with Gasteiger partial charge in [0.15, 0.2) is 18.0 Å². The second kappa shape index (κ2) is 7.06. The van der Waals surface area contributed by atoms with Crippen LogP contribution in [0.4, 0.5) is 5.69 Å². The summed E-state index contributed by atoms with van der Waals surface area (Å²) < 4.78 is 12.0. The van der Waals surface area contributed by atoms with Gasteiger partial charge in [-0.2, -0.15) is 0 Å². The number of carboxylic acid groups (broad SMARTS) is 1. The predicted molar refractivity (Wildman–Crippen MR) is 108 cm³/mol. The summed E-state index contributed by atoms with van der Waals surface area (Å²) in [7, 11) is 0. The molecule has 7 heteroatoms. The van der Waals surface area contributed by atoms with Crippen molar-refractivity contribution in [3.63, 3.8) is 0 Å². The first-order chi connectivity index (χ1) is 13.9. The van der Waals surface area contributed by atoms with E-state index in [1.54, 1.807) is 24.3 Å². The van der Waals surface area contributed by atoms with Crippen LogP contribution in [0.5, 0.6) is 0 Å². The summed E-state index contributed by atoms with van der Waals surface area (Å²) >= 11 is 6.50. The zero-order valence-electron chi connectivity index (χ0n) is 16.1. The van der Waals surface area contributed by atoms with Gasteiger partial charge in [0.25, 0.3) is 0 Å². The lowest BCUT2D eigenvalue weighted by atomic mass is 9.64. The van der Waals surface area contributed by atoms with Crippen molar-refractivity contribution in [2.24, 2.45) is 4.99 Å². The Morgan fingerprint density at radius 3 is 2.45 bits per heavy atom. The van der Waals surface area contributed by atoms with E-state index in [1.807, 2.05) is 13.0 Å². The lowest BCUT2D eigenvalue weighted by Crippen LogP contribution is -2.65. The number of nitrogens with zero attached hydrogens (tertiary/aromatic N) is 1. The van der Waals surface area contributed by atoms with Gasteiger partial charge < -0.3 is 14.6 Å². The van der Waals surface area contributed by atoms with Gasteiger partial charge in [0.05, 0.1) is 11.3 Å². The van der Waals surface area contributed by atoms with Gasteiger partial charge in [0, 0.05) is 21.9 Å². The van der Waals surface area contributed by atoms with Gasteiger partial charge in [0.2, 0.25) is 5.79 Å². The first kappa shape index (κ1) is 19.8. The Bertz CT molecular complexity index is 1040. The molecule has 29 heavy (non-hydrogen) atoms. The fraction of sp³-hybridized carbons (Fsp3) is 0.318. The molecule has 0 saturated carbocycles. The first-order valence-corrected chi connectivity index (χ1v) is 9.76. The van der Waals surface area contributed by atoms with Crippen molar-refractivity contribution in [3.8, 4) is 0 Å². The number of ether oxygens (including phenoxy) is 2. The second-order valence-corrected chi connectivity index (χ2v) is 7.56. The number of aromatic carboxylic acids is 1. The van der Waals surface area contributed by atoms with Gasteiger partial charge in [-0.3, -0.25) is 9.79 Å². The Labute approximate surface area is 173 Å². The van der Waals surface area contributed by atoms with E-state index in [-0.39, 0.29) is 18.1 Å². The van der Waals surface area contributed by atoms with E-state index in [9.17, 15) is 14.7 Å². The number of halogens is 1. The zero-order chi connectivity index (χ0) is 20.8. The molecule has 6 nitrogen and oxygen atoms in total. The summed E-state index contributed by atoms with van der Waals surface area (Å²) in [6, 6.07) is 11.7. The Hall–Kier alpha value is -2.54. The van der Waals surface area contributed by atoms with Gasteiger partial charge >= 0.3 is 5.97 Å². The number of benzene rings is 2. The molecule has 2 heterocycles. The van der Waals surface area contributed by atoms with Gasteiger partial charge in [-0.25, -0.2) is 4.79 Å². The van der Waals surface area contributed by atoms with Gasteiger partial charge in [-0.1, -0.05) is 49.2 Å². The number of fused-ring (bicyclic) bond motifs is 1. The monoisotopic (exact) mass is 413 g/mol. The summed E-state index contributed by atoms with van der Waals surface area (Å²) in [6.07, 6.45) is 1.27. The number of carbonyl (C=O) groups excluding carboxylic acids is 1. The molecule has 2 aliphatic heterocycles. The van der Waals surface area contributed by atoms with Gasteiger partial charge in [-0.05, 0) is 31.5 Å². The summed E-state index contributed by atoms with van der Waals surface area (Å²) in [4.78, 5) is 29.5. The van der Waals surface area contributed by atoms with Crippen LogP contribution in [0.15, 0.2) is 47.5 Å².